The van der Waals surface area contributed by atoms with Crippen molar-refractivity contribution in [2.75, 3.05) is 24.0 Å². The summed E-state index contributed by atoms with van der Waals surface area (Å²) in [4.78, 5) is 30.3. The summed E-state index contributed by atoms with van der Waals surface area (Å²) >= 11 is 0. The normalized spacial score (nSPS) is 17.6. The molecule has 0 bridgehead atoms. The Labute approximate surface area is 182 Å². The molecule has 5 heteroatoms. The minimum absolute atomic E-state index is 0.0297. The minimum Gasteiger partial charge on any atom is -0.497 e. The van der Waals surface area contributed by atoms with E-state index in [0.29, 0.717) is 17.7 Å². The number of methoxy groups -OCH3 is 1. The minimum atomic E-state index is -0.309. The molecule has 2 amide bonds. The van der Waals surface area contributed by atoms with Gasteiger partial charge in [-0.3, -0.25) is 9.59 Å². The molecular weight excluding hydrogens is 388 g/mol. The average Bonchev–Trinajstić information content (AvgIpc) is 2.83. The average molecular weight is 415 g/mol. The van der Waals surface area contributed by atoms with Gasteiger partial charge < -0.3 is 14.5 Å². The molecular formula is C26H26N2O3. The lowest BCUT2D eigenvalue weighted by molar-refractivity contribution is -0.120. The lowest BCUT2D eigenvalue weighted by Gasteiger charge is -2.40. The van der Waals surface area contributed by atoms with Crippen molar-refractivity contribution in [2.45, 2.75) is 25.3 Å². The van der Waals surface area contributed by atoms with Gasteiger partial charge in [0.2, 0.25) is 5.91 Å². The Morgan fingerprint density at radius 2 is 1.58 bits per heavy atom. The molecule has 0 fully saturated rings. The topological polar surface area (TPSA) is 49.9 Å². The van der Waals surface area contributed by atoms with Crippen LogP contribution in [-0.2, 0) is 4.79 Å². The number of benzene rings is 3. The number of hydrogen-bond acceptors (Lipinski definition) is 3. The molecule has 0 saturated heterocycles. The first-order valence-electron chi connectivity index (χ1n) is 10.4. The van der Waals surface area contributed by atoms with Crippen molar-refractivity contribution in [3.63, 3.8) is 0 Å². The Morgan fingerprint density at radius 3 is 2.26 bits per heavy atom. The van der Waals surface area contributed by atoms with E-state index in [1.54, 1.807) is 43.3 Å². The van der Waals surface area contributed by atoms with Gasteiger partial charge in [0.1, 0.15) is 5.75 Å². The van der Waals surface area contributed by atoms with Crippen molar-refractivity contribution < 1.29 is 14.3 Å². The first-order valence-corrected chi connectivity index (χ1v) is 10.4. The van der Waals surface area contributed by atoms with Crippen LogP contribution < -0.4 is 14.5 Å². The van der Waals surface area contributed by atoms with Gasteiger partial charge in [0, 0.05) is 30.0 Å². The van der Waals surface area contributed by atoms with E-state index in [0.717, 1.165) is 16.9 Å². The number of hydrogen-bond donors (Lipinski definition) is 0. The van der Waals surface area contributed by atoms with E-state index in [4.69, 9.17) is 4.74 Å². The fourth-order valence-electron chi connectivity index (χ4n) is 4.24. The third-order valence-electron chi connectivity index (χ3n) is 5.92. The summed E-state index contributed by atoms with van der Waals surface area (Å²) < 4.78 is 5.20. The molecule has 0 saturated carbocycles. The second-order valence-electron chi connectivity index (χ2n) is 7.83. The van der Waals surface area contributed by atoms with Crippen LogP contribution >= 0.6 is 0 Å². The van der Waals surface area contributed by atoms with E-state index in [1.807, 2.05) is 66.4 Å². The van der Waals surface area contributed by atoms with E-state index in [1.165, 1.54) is 0 Å². The number of carbonyl (C=O) groups excluding carboxylic acids is 2. The molecule has 0 radical (unpaired) electrons. The number of para-hydroxylation sites is 2. The molecule has 0 N–H and O–H groups in total. The second kappa shape index (κ2) is 8.64. The van der Waals surface area contributed by atoms with E-state index < -0.39 is 0 Å². The monoisotopic (exact) mass is 414 g/mol. The number of likely N-dealkylation sites (N-methyl/N-ethyl adjacent to an activating group) is 1. The fraction of sp³-hybridized carbons (Fsp3) is 0.231. The largest absolute Gasteiger partial charge is 0.497 e. The SMILES string of the molecule is COc1ccc(C(=O)N2c3ccccc3[C@@H](C(=O)N(C)c3ccccc3)C[C@@H]2C)cc1. The highest BCUT2D eigenvalue weighted by Crippen LogP contribution is 2.40. The van der Waals surface area contributed by atoms with E-state index in [2.05, 4.69) is 0 Å². The molecule has 0 spiro atoms. The van der Waals surface area contributed by atoms with Crippen LogP contribution in [0.4, 0.5) is 11.4 Å². The van der Waals surface area contributed by atoms with Crippen LogP contribution in [0.15, 0.2) is 78.9 Å². The smallest absolute Gasteiger partial charge is 0.258 e. The van der Waals surface area contributed by atoms with Gasteiger partial charge in [-0.2, -0.15) is 0 Å². The third-order valence-corrected chi connectivity index (χ3v) is 5.92. The summed E-state index contributed by atoms with van der Waals surface area (Å²) in [6.07, 6.45) is 0.564. The molecule has 0 aromatic heterocycles. The molecule has 1 heterocycles. The predicted octanol–water partition coefficient (Wildman–Crippen LogP) is 4.88. The number of carbonyl (C=O) groups is 2. The maximum atomic E-state index is 13.4. The van der Waals surface area contributed by atoms with Crippen molar-refractivity contribution in [1.82, 2.24) is 0 Å². The quantitative estimate of drug-likeness (QED) is 0.611. The molecule has 158 valence electrons. The van der Waals surface area contributed by atoms with E-state index in [-0.39, 0.29) is 23.8 Å². The van der Waals surface area contributed by atoms with E-state index in [9.17, 15) is 9.59 Å². The van der Waals surface area contributed by atoms with Gasteiger partial charge in [-0.1, -0.05) is 36.4 Å². The van der Waals surface area contributed by atoms with Gasteiger partial charge in [0.25, 0.3) is 5.91 Å². The highest BCUT2D eigenvalue weighted by atomic mass is 16.5. The lowest BCUT2D eigenvalue weighted by Crippen LogP contribution is -2.46. The number of nitrogens with zero attached hydrogens (tertiary/aromatic N) is 2. The molecule has 4 rings (SSSR count). The van der Waals surface area contributed by atoms with Crippen LogP contribution in [0.5, 0.6) is 5.75 Å². The molecule has 5 nitrogen and oxygen atoms in total. The standard InChI is InChI=1S/C26H26N2O3/c1-18-17-23(26(30)27(2)20-9-5-4-6-10-20)22-11-7-8-12-24(22)28(18)25(29)19-13-15-21(31-3)16-14-19/h4-16,18,23H,17H2,1-3H3/t18-,23-/m0/s1. The van der Waals surface area contributed by atoms with Crippen LogP contribution in [0.1, 0.15) is 35.2 Å². The predicted molar refractivity (Wildman–Crippen MR) is 123 cm³/mol. The highest BCUT2D eigenvalue weighted by molar-refractivity contribution is 6.09. The maximum absolute atomic E-state index is 13.4. The summed E-state index contributed by atoms with van der Waals surface area (Å²) in [6.45, 7) is 2.00. The van der Waals surface area contributed by atoms with Gasteiger partial charge in [-0.05, 0) is 61.4 Å². The molecule has 1 aliphatic rings. The summed E-state index contributed by atoms with van der Waals surface area (Å²) in [5.74, 6) is 0.349. The molecule has 31 heavy (non-hydrogen) atoms. The summed E-state index contributed by atoms with van der Waals surface area (Å²) in [6, 6.07) is 24.3. The Balaban J connectivity index is 1.67. The molecule has 0 aliphatic carbocycles. The molecule has 3 aromatic rings. The number of fused-ring (bicyclic) bond motifs is 1. The number of amides is 2. The van der Waals surface area contributed by atoms with Crippen molar-refractivity contribution in [3.8, 4) is 5.75 Å². The van der Waals surface area contributed by atoms with Gasteiger partial charge >= 0.3 is 0 Å². The Morgan fingerprint density at radius 1 is 0.935 bits per heavy atom. The van der Waals surface area contributed by atoms with Crippen molar-refractivity contribution >= 4 is 23.2 Å². The summed E-state index contributed by atoms with van der Waals surface area (Å²) in [7, 11) is 3.41. The van der Waals surface area contributed by atoms with Gasteiger partial charge in [-0.15, -0.1) is 0 Å². The zero-order valence-electron chi connectivity index (χ0n) is 18.0. The third kappa shape index (κ3) is 3.91. The molecule has 3 aromatic carbocycles. The molecule has 0 unspecified atom stereocenters. The maximum Gasteiger partial charge on any atom is 0.258 e. The van der Waals surface area contributed by atoms with Gasteiger partial charge in [0.15, 0.2) is 0 Å². The van der Waals surface area contributed by atoms with Gasteiger partial charge in [-0.25, -0.2) is 0 Å². The second-order valence-corrected chi connectivity index (χ2v) is 7.83. The van der Waals surface area contributed by atoms with Crippen LogP contribution in [-0.4, -0.2) is 32.0 Å². The van der Waals surface area contributed by atoms with Crippen LogP contribution in [0.25, 0.3) is 0 Å². The van der Waals surface area contributed by atoms with Crippen molar-refractivity contribution in [2.24, 2.45) is 0 Å². The Hall–Kier alpha value is -3.60. The van der Waals surface area contributed by atoms with Crippen LogP contribution in [0.2, 0.25) is 0 Å². The molecule has 1 aliphatic heterocycles. The first-order chi connectivity index (χ1) is 15.0. The van der Waals surface area contributed by atoms with E-state index >= 15 is 0 Å². The highest BCUT2D eigenvalue weighted by Gasteiger charge is 2.38. The fourth-order valence-corrected chi connectivity index (χ4v) is 4.24. The lowest BCUT2D eigenvalue weighted by atomic mass is 9.84. The first kappa shape index (κ1) is 20.7. The zero-order valence-corrected chi connectivity index (χ0v) is 18.0. The van der Waals surface area contributed by atoms with Crippen molar-refractivity contribution in [3.05, 3.63) is 90.0 Å². The van der Waals surface area contributed by atoms with Crippen LogP contribution in [0.3, 0.4) is 0 Å². The van der Waals surface area contributed by atoms with Crippen LogP contribution in [0, 0.1) is 0 Å². The number of ether oxygens (including phenoxy) is 1. The summed E-state index contributed by atoms with van der Waals surface area (Å²) in [5, 5.41) is 0. The Bertz CT molecular complexity index is 1080. The Kier molecular flexibility index (Phi) is 5.76. The molecule has 2 atom stereocenters. The number of anilines is 2. The van der Waals surface area contributed by atoms with Gasteiger partial charge in [0.05, 0.1) is 13.0 Å². The number of rotatable bonds is 4. The van der Waals surface area contributed by atoms with Crippen molar-refractivity contribution in [1.29, 1.82) is 0 Å². The zero-order chi connectivity index (χ0) is 22.0. The summed E-state index contributed by atoms with van der Waals surface area (Å²) in [5.41, 5.74) is 3.13.